The van der Waals surface area contributed by atoms with E-state index in [2.05, 4.69) is 49.2 Å². The van der Waals surface area contributed by atoms with Crippen LogP contribution in [0.5, 0.6) is 0 Å². The van der Waals surface area contributed by atoms with E-state index in [1.807, 2.05) is 18.2 Å². The van der Waals surface area contributed by atoms with Gasteiger partial charge in [0.15, 0.2) is 5.82 Å². The summed E-state index contributed by atoms with van der Waals surface area (Å²) in [6, 6.07) is 8.19. The maximum absolute atomic E-state index is 6.32. The minimum Gasteiger partial charge on any atom is -0.339 e. The second-order valence-corrected chi connectivity index (χ2v) is 6.56. The maximum Gasteiger partial charge on any atom is 0.227 e. The van der Waals surface area contributed by atoms with Gasteiger partial charge in [-0.25, -0.2) is 0 Å². The summed E-state index contributed by atoms with van der Waals surface area (Å²) in [5.74, 6) is 2.17. The van der Waals surface area contributed by atoms with E-state index >= 15 is 0 Å². The third-order valence-electron chi connectivity index (χ3n) is 3.61. The van der Waals surface area contributed by atoms with Crippen molar-refractivity contribution in [1.29, 1.82) is 0 Å². The fourth-order valence-corrected chi connectivity index (χ4v) is 2.62. The summed E-state index contributed by atoms with van der Waals surface area (Å²) in [4.78, 5) is 4.40. The van der Waals surface area contributed by atoms with Crippen LogP contribution in [-0.4, -0.2) is 16.7 Å². The average Bonchev–Trinajstić information content (AvgIpc) is 2.93. The lowest BCUT2D eigenvalue weighted by atomic mass is 9.96. The molecule has 0 amide bonds. The largest absolute Gasteiger partial charge is 0.339 e. The molecule has 0 aliphatic heterocycles. The zero-order valence-electron chi connectivity index (χ0n) is 13.6. The SMILES string of the molecule is CC(C)c1noc(CCNC(c2ccccc2Cl)C(C)C)n1. The quantitative estimate of drug-likeness (QED) is 0.822. The van der Waals surface area contributed by atoms with Crippen molar-refractivity contribution < 1.29 is 4.52 Å². The Kier molecular flexibility index (Phi) is 5.98. The molecule has 0 spiro atoms. The van der Waals surface area contributed by atoms with Crippen LogP contribution in [0.15, 0.2) is 28.8 Å². The number of halogens is 1. The first kappa shape index (κ1) is 17.0. The molecular weight excluding hydrogens is 298 g/mol. The fraction of sp³-hybridized carbons (Fsp3) is 0.529. The summed E-state index contributed by atoms with van der Waals surface area (Å²) in [6.45, 7) is 9.25. The van der Waals surface area contributed by atoms with Crippen LogP contribution >= 0.6 is 11.6 Å². The van der Waals surface area contributed by atoms with Gasteiger partial charge in [0.25, 0.3) is 0 Å². The third-order valence-corrected chi connectivity index (χ3v) is 3.95. The van der Waals surface area contributed by atoms with Crippen molar-refractivity contribution >= 4 is 11.6 Å². The van der Waals surface area contributed by atoms with Gasteiger partial charge in [-0.1, -0.05) is 62.7 Å². The van der Waals surface area contributed by atoms with E-state index in [0.29, 0.717) is 18.2 Å². The van der Waals surface area contributed by atoms with Gasteiger partial charge in [0.05, 0.1) is 0 Å². The highest BCUT2D eigenvalue weighted by molar-refractivity contribution is 6.31. The number of hydrogen-bond acceptors (Lipinski definition) is 4. The van der Waals surface area contributed by atoms with Crippen molar-refractivity contribution in [2.45, 2.75) is 46.1 Å². The van der Waals surface area contributed by atoms with Gasteiger partial charge in [0, 0.05) is 29.9 Å². The Morgan fingerprint density at radius 3 is 2.50 bits per heavy atom. The van der Waals surface area contributed by atoms with Gasteiger partial charge in [-0.15, -0.1) is 0 Å². The number of hydrogen-bond donors (Lipinski definition) is 1. The Morgan fingerprint density at radius 2 is 1.91 bits per heavy atom. The molecule has 1 aromatic heterocycles. The summed E-state index contributed by atoms with van der Waals surface area (Å²) < 4.78 is 5.27. The first-order valence-electron chi connectivity index (χ1n) is 7.79. The zero-order valence-corrected chi connectivity index (χ0v) is 14.4. The van der Waals surface area contributed by atoms with Crippen molar-refractivity contribution in [3.05, 3.63) is 46.6 Å². The van der Waals surface area contributed by atoms with Gasteiger partial charge in [0.1, 0.15) is 0 Å². The van der Waals surface area contributed by atoms with Crippen LogP contribution in [-0.2, 0) is 6.42 Å². The molecule has 0 radical (unpaired) electrons. The van der Waals surface area contributed by atoms with Crippen LogP contribution in [0.1, 0.15) is 56.9 Å². The highest BCUT2D eigenvalue weighted by Crippen LogP contribution is 2.27. The molecule has 0 bridgehead atoms. The average molecular weight is 322 g/mol. The summed E-state index contributed by atoms with van der Waals surface area (Å²) in [5, 5.41) is 8.34. The monoisotopic (exact) mass is 321 g/mol. The van der Waals surface area contributed by atoms with Crippen LogP contribution in [0, 0.1) is 5.92 Å². The molecule has 0 saturated heterocycles. The van der Waals surface area contributed by atoms with E-state index in [1.54, 1.807) is 0 Å². The number of benzene rings is 1. The van der Waals surface area contributed by atoms with Gasteiger partial charge in [-0.2, -0.15) is 4.98 Å². The summed E-state index contributed by atoms with van der Waals surface area (Å²) in [5.41, 5.74) is 1.13. The lowest BCUT2D eigenvalue weighted by molar-refractivity contribution is 0.357. The molecular formula is C17H24ClN3O. The molecule has 2 rings (SSSR count). The molecule has 2 aromatic rings. The first-order valence-corrected chi connectivity index (χ1v) is 8.17. The molecule has 120 valence electrons. The molecule has 0 fully saturated rings. The third kappa shape index (κ3) is 4.31. The number of nitrogens with zero attached hydrogens (tertiary/aromatic N) is 2. The van der Waals surface area contributed by atoms with Gasteiger partial charge >= 0.3 is 0 Å². The van der Waals surface area contributed by atoms with Crippen LogP contribution in [0.3, 0.4) is 0 Å². The summed E-state index contributed by atoms with van der Waals surface area (Å²) in [7, 11) is 0. The fourth-order valence-electron chi connectivity index (χ4n) is 2.37. The second kappa shape index (κ2) is 7.75. The highest BCUT2D eigenvalue weighted by Gasteiger charge is 2.18. The van der Waals surface area contributed by atoms with E-state index < -0.39 is 0 Å². The smallest absolute Gasteiger partial charge is 0.227 e. The molecule has 1 unspecified atom stereocenters. The van der Waals surface area contributed by atoms with Crippen molar-refractivity contribution in [3.63, 3.8) is 0 Å². The Labute approximate surface area is 137 Å². The Morgan fingerprint density at radius 1 is 1.18 bits per heavy atom. The maximum atomic E-state index is 6.32. The molecule has 1 heterocycles. The molecule has 5 heteroatoms. The van der Waals surface area contributed by atoms with Crippen LogP contribution in [0.4, 0.5) is 0 Å². The number of nitrogens with one attached hydrogen (secondary N) is 1. The molecule has 22 heavy (non-hydrogen) atoms. The lowest BCUT2D eigenvalue weighted by Crippen LogP contribution is -2.28. The van der Waals surface area contributed by atoms with Crippen molar-refractivity contribution in [2.75, 3.05) is 6.54 Å². The number of aromatic nitrogens is 2. The highest BCUT2D eigenvalue weighted by atomic mass is 35.5. The van der Waals surface area contributed by atoms with Gasteiger partial charge < -0.3 is 9.84 Å². The molecule has 0 aliphatic carbocycles. The molecule has 0 saturated carbocycles. The zero-order chi connectivity index (χ0) is 16.1. The van der Waals surface area contributed by atoms with Crippen molar-refractivity contribution in [1.82, 2.24) is 15.5 Å². The minimum absolute atomic E-state index is 0.209. The van der Waals surface area contributed by atoms with E-state index in [1.165, 1.54) is 0 Å². The van der Waals surface area contributed by atoms with Crippen molar-refractivity contribution in [2.24, 2.45) is 5.92 Å². The van der Waals surface area contributed by atoms with Gasteiger partial charge in [-0.3, -0.25) is 0 Å². The molecule has 1 N–H and O–H groups in total. The predicted molar refractivity (Wildman–Crippen MR) is 89.1 cm³/mol. The van der Waals surface area contributed by atoms with Gasteiger partial charge in [-0.05, 0) is 17.5 Å². The molecule has 4 nitrogen and oxygen atoms in total. The standard InChI is InChI=1S/C17H24ClN3O/c1-11(2)16(13-7-5-6-8-14(13)18)19-10-9-15-20-17(12(3)4)21-22-15/h5-8,11-12,16,19H,9-10H2,1-4H3. The molecule has 0 aliphatic rings. The van der Waals surface area contributed by atoms with Crippen LogP contribution in [0.2, 0.25) is 5.02 Å². The minimum atomic E-state index is 0.209. The second-order valence-electron chi connectivity index (χ2n) is 6.15. The van der Waals surface area contributed by atoms with Crippen molar-refractivity contribution in [3.8, 4) is 0 Å². The predicted octanol–water partition coefficient (Wildman–Crippen LogP) is 4.38. The molecule has 1 aromatic carbocycles. The van der Waals surface area contributed by atoms with Gasteiger partial charge in [0.2, 0.25) is 5.89 Å². The van der Waals surface area contributed by atoms with E-state index in [4.69, 9.17) is 16.1 Å². The first-order chi connectivity index (χ1) is 10.5. The van der Waals surface area contributed by atoms with Crippen LogP contribution in [0.25, 0.3) is 0 Å². The lowest BCUT2D eigenvalue weighted by Gasteiger charge is -2.23. The topological polar surface area (TPSA) is 51.0 Å². The Hall–Kier alpha value is -1.39. The van der Waals surface area contributed by atoms with E-state index in [0.717, 1.165) is 23.0 Å². The normalized spacial score (nSPS) is 13.0. The molecule has 1 atom stereocenters. The number of rotatable bonds is 7. The van der Waals surface area contributed by atoms with Crippen LogP contribution < -0.4 is 5.32 Å². The van der Waals surface area contributed by atoms with E-state index in [9.17, 15) is 0 Å². The summed E-state index contributed by atoms with van der Waals surface area (Å²) >= 11 is 6.32. The Balaban J connectivity index is 1.96. The Bertz CT molecular complexity index is 595. The van der Waals surface area contributed by atoms with E-state index in [-0.39, 0.29) is 12.0 Å². The summed E-state index contributed by atoms with van der Waals surface area (Å²) in [6.07, 6.45) is 0.716.